The monoisotopic (exact) mass is 306 g/mol. The summed E-state index contributed by atoms with van der Waals surface area (Å²) < 4.78 is 0. The van der Waals surface area contributed by atoms with Crippen LogP contribution in [-0.4, -0.2) is 10.2 Å². The molecule has 1 aliphatic rings. The Morgan fingerprint density at radius 1 is 1.00 bits per heavy atom. The van der Waals surface area contributed by atoms with Gasteiger partial charge in [-0.2, -0.15) is 0 Å². The Bertz CT molecular complexity index is 784. The highest BCUT2D eigenvalue weighted by Gasteiger charge is 2.19. The van der Waals surface area contributed by atoms with Gasteiger partial charge >= 0.3 is 0 Å². The highest BCUT2D eigenvalue weighted by Crippen LogP contribution is 2.40. The normalized spacial score (nSPS) is 14.3. The Balaban J connectivity index is 2.24. The molecule has 0 radical (unpaired) electrons. The zero-order chi connectivity index (χ0) is 16.4. The number of allylic oxidation sites excluding steroid dienone is 2. The van der Waals surface area contributed by atoms with Crippen molar-refractivity contribution in [3.63, 3.8) is 0 Å². The number of phenolic OH excluding ortho intramolecular Hbond substituents is 2. The molecular weight excluding hydrogens is 284 g/mol. The Morgan fingerprint density at radius 2 is 1.70 bits per heavy atom. The summed E-state index contributed by atoms with van der Waals surface area (Å²) in [7, 11) is 0. The van der Waals surface area contributed by atoms with Crippen LogP contribution < -0.4 is 0 Å². The molecule has 118 valence electrons. The molecule has 1 aliphatic carbocycles. The van der Waals surface area contributed by atoms with Gasteiger partial charge in [-0.1, -0.05) is 31.7 Å². The molecule has 3 rings (SSSR count). The zero-order valence-corrected chi connectivity index (χ0v) is 13.5. The molecule has 23 heavy (non-hydrogen) atoms. The standard InChI is InChI=1S/C21H22O2/c1-3-14-12-16(22)8-10-19(14)21-7-5-6-15-13-17(23)9-11-20(15)18(21)4-2/h3,8-13,22-23H,1,4-7H2,2H3. The lowest BCUT2D eigenvalue weighted by atomic mass is 9.88. The average Bonchev–Trinajstić information content (AvgIpc) is 2.73. The zero-order valence-electron chi connectivity index (χ0n) is 13.5. The molecule has 0 saturated carbocycles. The van der Waals surface area contributed by atoms with Crippen LogP contribution in [-0.2, 0) is 6.42 Å². The van der Waals surface area contributed by atoms with Gasteiger partial charge < -0.3 is 10.2 Å². The van der Waals surface area contributed by atoms with Gasteiger partial charge in [0.25, 0.3) is 0 Å². The van der Waals surface area contributed by atoms with Crippen LogP contribution >= 0.6 is 0 Å². The number of rotatable bonds is 3. The summed E-state index contributed by atoms with van der Waals surface area (Å²) in [5.74, 6) is 0.598. The summed E-state index contributed by atoms with van der Waals surface area (Å²) >= 11 is 0. The molecule has 0 aliphatic heterocycles. The molecule has 0 spiro atoms. The Morgan fingerprint density at radius 3 is 2.39 bits per heavy atom. The van der Waals surface area contributed by atoms with Crippen molar-refractivity contribution in [1.29, 1.82) is 0 Å². The minimum Gasteiger partial charge on any atom is -0.508 e. The molecule has 0 amide bonds. The summed E-state index contributed by atoms with van der Waals surface area (Å²) in [5.41, 5.74) is 7.22. The number of hydrogen-bond donors (Lipinski definition) is 2. The SMILES string of the molecule is C=Cc1cc(O)ccc1C1=C(CC)c2ccc(O)cc2CCC1. The first kappa shape index (κ1) is 15.4. The molecule has 0 unspecified atom stereocenters. The van der Waals surface area contributed by atoms with Crippen molar-refractivity contribution >= 4 is 17.2 Å². The first-order chi connectivity index (χ1) is 11.1. The number of hydrogen-bond acceptors (Lipinski definition) is 2. The molecule has 2 aromatic carbocycles. The summed E-state index contributed by atoms with van der Waals surface area (Å²) in [6, 6.07) is 11.2. The van der Waals surface area contributed by atoms with Gasteiger partial charge in [0.15, 0.2) is 0 Å². The van der Waals surface area contributed by atoms with Crippen molar-refractivity contribution in [2.75, 3.05) is 0 Å². The number of benzene rings is 2. The summed E-state index contributed by atoms with van der Waals surface area (Å²) in [4.78, 5) is 0. The quantitative estimate of drug-likeness (QED) is 0.797. The second-order valence-corrected chi connectivity index (χ2v) is 5.98. The van der Waals surface area contributed by atoms with E-state index >= 15 is 0 Å². The molecule has 2 heteroatoms. The van der Waals surface area contributed by atoms with Gasteiger partial charge in [-0.15, -0.1) is 0 Å². The summed E-state index contributed by atoms with van der Waals surface area (Å²) in [6.07, 6.45) is 5.75. The molecule has 0 bridgehead atoms. The van der Waals surface area contributed by atoms with Gasteiger partial charge in [-0.3, -0.25) is 0 Å². The number of aryl methyl sites for hydroxylation is 1. The minimum absolute atomic E-state index is 0.265. The maximum absolute atomic E-state index is 9.78. The largest absolute Gasteiger partial charge is 0.508 e. The third kappa shape index (κ3) is 2.89. The first-order valence-electron chi connectivity index (χ1n) is 8.14. The highest BCUT2D eigenvalue weighted by molar-refractivity contribution is 5.94. The molecular formula is C21H22O2. The van der Waals surface area contributed by atoms with E-state index in [1.165, 1.54) is 22.3 Å². The maximum Gasteiger partial charge on any atom is 0.116 e. The van der Waals surface area contributed by atoms with Gasteiger partial charge in [0.1, 0.15) is 11.5 Å². The van der Waals surface area contributed by atoms with Crippen LogP contribution in [0.1, 0.15) is 48.4 Å². The van der Waals surface area contributed by atoms with E-state index in [1.54, 1.807) is 24.3 Å². The highest BCUT2D eigenvalue weighted by atomic mass is 16.3. The van der Waals surface area contributed by atoms with E-state index in [0.29, 0.717) is 5.75 Å². The first-order valence-corrected chi connectivity index (χ1v) is 8.14. The van der Waals surface area contributed by atoms with Crippen LogP contribution in [0.25, 0.3) is 17.2 Å². The molecule has 0 atom stereocenters. The van der Waals surface area contributed by atoms with Crippen molar-refractivity contribution < 1.29 is 10.2 Å². The smallest absolute Gasteiger partial charge is 0.116 e. The molecule has 0 heterocycles. The molecule has 0 saturated heterocycles. The fourth-order valence-corrected chi connectivity index (χ4v) is 3.55. The van der Waals surface area contributed by atoms with Crippen LogP contribution in [0.3, 0.4) is 0 Å². The summed E-state index contributed by atoms with van der Waals surface area (Å²) in [6.45, 7) is 6.06. The fourth-order valence-electron chi connectivity index (χ4n) is 3.55. The van der Waals surface area contributed by atoms with E-state index in [9.17, 15) is 10.2 Å². The van der Waals surface area contributed by atoms with E-state index in [0.717, 1.165) is 36.8 Å². The third-order valence-corrected chi connectivity index (χ3v) is 4.58. The van der Waals surface area contributed by atoms with Gasteiger partial charge in [-0.25, -0.2) is 0 Å². The van der Waals surface area contributed by atoms with Gasteiger partial charge in [0, 0.05) is 0 Å². The van der Waals surface area contributed by atoms with E-state index < -0.39 is 0 Å². The lowest BCUT2D eigenvalue weighted by molar-refractivity contribution is 0.474. The van der Waals surface area contributed by atoms with Crippen molar-refractivity contribution in [2.24, 2.45) is 0 Å². The Kier molecular flexibility index (Phi) is 4.24. The minimum atomic E-state index is 0.265. The van der Waals surface area contributed by atoms with Crippen molar-refractivity contribution in [3.8, 4) is 11.5 Å². The lowest BCUT2D eigenvalue weighted by Gasteiger charge is -2.16. The predicted molar refractivity (Wildman–Crippen MR) is 96.3 cm³/mol. The molecule has 0 fully saturated rings. The fraction of sp³-hybridized carbons (Fsp3) is 0.238. The van der Waals surface area contributed by atoms with Crippen molar-refractivity contribution in [1.82, 2.24) is 0 Å². The number of aromatic hydroxyl groups is 2. The number of fused-ring (bicyclic) bond motifs is 1. The second-order valence-electron chi connectivity index (χ2n) is 5.98. The van der Waals surface area contributed by atoms with Gasteiger partial charge in [0.05, 0.1) is 0 Å². The number of phenols is 2. The van der Waals surface area contributed by atoms with Gasteiger partial charge in [0.2, 0.25) is 0 Å². The van der Waals surface area contributed by atoms with Crippen LogP contribution in [0.2, 0.25) is 0 Å². The molecule has 0 aromatic heterocycles. The molecule has 2 nitrogen and oxygen atoms in total. The van der Waals surface area contributed by atoms with E-state index in [1.807, 2.05) is 18.2 Å². The summed E-state index contributed by atoms with van der Waals surface area (Å²) in [5, 5.41) is 19.5. The second kappa shape index (κ2) is 6.33. The molecule has 2 N–H and O–H groups in total. The lowest BCUT2D eigenvalue weighted by Crippen LogP contribution is -1.94. The van der Waals surface area contributed by atoms with Crippen molar-refractivity contribution in [3.05, 3.63) is 65.2 Å². The topological polar surface area (TPSA) is 40.5 Å². The third-order valence-electron chi connectivity index (χ3n) is 4.58. The van der Waals surface area contributed by atoms with Crippen LogP contribution in [0.4, 0.5) is 0 Å². The Hall–Kier alpha value is -2.48. The Labute approximate surface area is 137 Å². The van der Waals surface area contributed by atoms with Crippen LogP contribution in [0, 0.1) is 0 Å². The average molecular weight is 306 g/mol. The van der Waals surface area contributed by atoms with Gasteiger partial charge in [-0.05, 0) is 83.3 Å². The van der Waals surface area contributed by atoms with Crippen LogP contribution in [0.5, 0.6) is 11.5 Å². The van der Waals surface area contributed by atoms with Crippen molar-refractivity contribution in [2.45, 2.75) is 32.6 Å². The van der Waals surface area contributed by atoms with E-state index in [4.69, 9.17) is 0 Å². The molecule has 2 aromatic rings. The van der Waals surface area contributed by atoms with E-state index in [2.05, 4.69) is 13.5 Å². The van der Waals surface area contributed by atoms with Crippen LogP contribution in [0.15, 0.2) is 43.0 Å². The van der Waals surface area contributed by atoms with E-state index in [-0.39, 0.29) is 5.75 Å². The predicted octanol–water partition coefficient (Wildman–Crippen LogP) is 5.40. The maximum atomic E-state index is 9.78.